The molecule has 90 valence electrons. The summed E-state index contributed by atoms with van der Waals surface area (Å²) in [5.74, 6) is 0. The first-order valence-electron chi connectivity index (χ1n) is 5.77. The first kappa shape index (κ1) is 12.8. The Morgan fingerprint density at radius 3 is 2.35 bits per heavy atom. The number of halogens is 1. The Balaban J connectivity index is 2.07. The lowest BCUT2D eigenvalue weighted by atomic mass is 10.0. The number of benzene rings is 1. The Morgan fingerprint density at radius 1 is 1.18 bits per heavy atom. The summed E-state index contributed by atoms with van der Waals surface area (Å²) in [6.07, 6.45) is 1.98. The van der Waals surface area contributed by atoms with Gasteiger partial charge in [-0.15, -0.1) is 11.3 Å². The van der Waals surface area contributed by atoms with Crippen LogP contribution in [0.15, 0.2) is 40.2 Å². The van der Waals surface area contributed by atoms with Gasteiger partial charge in [-0.05, 0) is 51.3 Å². The third-order valence-corrected chi connectivity index (χ3v) is 4.87. The van der Waals surface area contributed by atoms with E-state index in [0.29, 0.717) is 0 Å². The number of nitrogens with two attached hydrogens (primary N) is 1. The fourth-order valence-electron chi connectivity index (χ4n) is 1.83. The van der Waals surface area contributed by atoms with Gasteiger partial charge in [0, 0.05) is 15.4 Å². The van der Waals surface area contributed by atoms with Crippen LogP contribution in [0.1, 0.15) is 29.0 Å². The van der Waals surface area contributed by atoms with Gasteiger partial charge in [-0.25, -0.2) is 0 Å². The van der Waals surface area contributed by atoms with E-state index in [-0.39, 0.29) is 6.04 Å². The molecular weight excluding hydrogens is 294 g/mol. The second-order valence-corrected chi connectivity index (χ2v) is 5.92. The molecule has 1 nitrogen and oxygen atoms in total. The molecule has 0 saturated heterocycles. The molecule has 1 aromatic heterocycles. The number of aryl methyl sites for hydroxylation is 1. The highest BCUT2D eigenvalue weighted by atomic mass is 79.9. The second-order valence-electron chi connectivity index (χ2n) is 4.11. The molecule has 0 fully saturated rings. The van der Waals surface area contributed by atoms with Crippen LogP contribution in [0.3, 0.4) is 0 Å². The van der Waals surface area contributed by atoms with Crippen LogP contribution in [-0.4, -0.2) is 0 Å². The highest BCUT2D eigenvalue weighted by molar-refractivity contribution is 9.10. The topological polar surface area (TPSA) is 26.0 Å². The summed E-state index contributed by atoms with van der Waals surface area (Å²) in [6, 6.07) is 10.9. The molecule has 0 aliphatic carbocycles. The van der Waals surface area contributed by atoms with Crippen molar-refractivity contribution in [3.63, 3.8) is 0 Å². The number of hydrogen-bond donors (Lipinski definition) is 1. The van der Waals surface area contributed by atoms with Crippen LogP contribution in [0.25, 0.3) is 0 Å². The van der Waals surface area contributed by atoms with Crippen molar-refractivity contribution in [2.24, 2.45) is 5.73 Å². The number of hydrogen-bond acceptors (Lipinski definition) is 2. The van der Waals surface area contributed by atoms with Gasteiger partial charge in [0.1, 0.15) is 0 Å². The minimum absolute atomic E-state index is 0.0804. The van der Waals surface area contributed by atoms with Crippen LogP contribution in [-0.2, 0) is 12.8 Å². The van der Waals surface area contributed by atoms with Gasteiger partial charge in [-0.1, -0.05) is 31.2 Å². The van der Waals surface area contributed by atoms with Gasteiger partial charge in [0.2, 0.25) is 0 Å². The average Bonchev–Trinajstić information content (AvgIpc) is 2.76. The predicted molar refractivity (Wildman–Crippen MR) is 78.5 cm³/mol. The molecule has 0 aliphatic heterocycles. The molecule has 1 atom stereocenters. The first-order valence-corrected chi connectivity index (χ1v) is 7.44. The van der Waals surface area contributed by atoms with Crippen molar-refractivity contribution in [2.75, 3.05) is 0 Å². The zero-order valence-corrected chi connectivity index (χ0v) is 12.2. The molecular formula is C14H16BrNS. The van der Waals surface area contributed by atoms with Gasteiger partial charge >= 0.3 is 0 Å². The Morgan fingerprint density at radius 2 is 1.82 bits per heavy atom. The van der Waals surface area contributed by atoms with Crippen LogP contribution in [0.2, 0.25) is 0 Å². The molecule has 1 heterocycles. The second kappa shape index (κ2) is 5.80. The highest BCUT2D eigenvalue weighted by Crippen LogP contribution is 2.29. The molecule has 1 aromatic carbocycles. The smallest absolute Gasteiger partial charge is 0.0442 e. The van der Waals surface area contributed by atoms with Gasteiger partial charge in [-0.3, -0.25) is 0 Å². The zero-order chi connectivity index (χ0) is 12.3. The van der Waals surface area contributed by atoms with Crippen molar-refractivity contribution in [3.8, 4) is 0 Å². The average molecular weight is 310 g/mol. The third-order valence-electron chi connectivity index (χ3n) is 2.87. The SMILES string of the molecule is CCc1ccc(CC(N)c2sccc2Br)cc1. The van der Waals surface area contributed by atoms with Crippen LogP contribution < -0.4 is 5.73 Å². The van der Waals surface area contributed by atoms with Gasteiger partial charge in [0.25, 0.3) is 0 Å². The lowest BCUT2D eigenvalue weighted by Gasteiger charge is -2.11. The molecule has 2 rings (SSSR count). The van der Waals surface area contributed by atoms with Crippen molar-refractivity contribution < 1.29 is 0 Å². The summed E-state index contributed by atoms with van der Waals surface area (Å²) in [6.45, 7) is 2.17. The van der Waals surface area contributed by atoms with E-state index in [0.717, 1.165) is 17.3 Å². The van der Waals surface area contributed by atoms with E-state index < -0.39 is 0 Å². The van der Waals surface area contributed by atoms with Crippen molar-refractivity contribution in [1.82, 2.24) is 0 Å². The van der Waals surface area contributed by atoms with E-state index in [1.54, 1.807) is 11.3 Å². The van der Waals surface area contributed by atoms with Crippen LogP contribution in [0, 0.1) is 0 Å². The fraction of sp³-hybridized carbons (Fsp3) is 0.286. The normalized spacial score (nSPS) is 12.6. The van der Waals surface area contributed by atoms with E-state index in [9.17, 15) is 0 Å². The summed E-state index contributed by atoms with van der Waals surface area (Å²) < 4.78 is 1.13. The van der Waals surface area contributed by atoms with Crippen molar-refractivity contribution in [3.05, 3.63) is 56.2 Å². The van der Waals surface area contributed by atoms with Gasteiger partial charge in [0.15, 0.2) is 0 Å². The van der Waals surface area contributed by atoms with Gasteiger partial charge in [0.05, 0.1) is 0 Å². The minimum atomic E-state index is 0.0804. The maximum absolute atomic E-state index is 6.22. The largest absolute Gasteiger partial charge is 0.323 e. The number of thiophene rings is 1. The quantitative estimate of drug-likeness (QED) is 0.894. The summed E-state index contributed by atoms with van der Waals surface area (Å²) in [4.78, 5) is 1.23. The summed E-state index contributed by atoms with van der Waals surface area (Å²) in [7, 11) is 0. The minimum Gasteiger partial charge on any atom is -0.323 e. The summed E-state index contributed by atoms with van der Waals surface area (Å²) in [5, 5.41) is 2.07. The molecule has 1 unspecified atom stereocenters. The van der Waals surface area contributed by atoms with E-state index in [1.807, 2.05) is 0 Å². The van der Waals surface area contributed by atoms with E-state index in [1.165, 1.54) is 16.0 Å². The molecule has 0 bridgehead atoms. The monoisotopic (exact) mass is 309 g/mol. The predicted octanol–water partition coefficient (Wildman–Crippen LogP) is 4.32. The van der Waals surface area contributed by atoms with E-state index in [2.05, 4.69) is 58.6 Å². The Hall–Kier alpha value is -0.640. The van der Waals surface area contributed by atoms with Crippen molar-refractivity contribution in [2.45, 2.75) is 25.8 Å². The molecule has 3 heteroatoms. The lowest BCUT2D eigenvalue weighted by molar-refractivity contribution is 0.733. The van der Waals surface area contributed by atoms with Crippen molar-refractivity contribution in [1.29, 1.82) is 0 Å². The molecule has 0 amide bonds. The van der Waals surface area contributed by atoms with Gasteiger partial charge in [-0.2, -0.15) is 0 Å². The van der Waals surface area contributed by atoms with Gasteiger partial charge < -0.3 is 5.73 Å². The van der Waals surface area contributed by atoms with E-state index >= 15 is 0 Å². The molecule has 0 aliphatic rings. The Labute approximate surface area is 115 Å². The molecule has 0 spiro atoms. The third kappa shape index (κ3) is 3.18. The molecule has 2 aromatic rings. The fourth-order valence-corrected chi connectivity index (χ4v) is 3.50. The van der Waals surface area contributed by atoms with E-state index in [4.69, 9.17) is 5.73 Å². The molecule has 0 radical (unpaired) electrons. The van der Waals surface area contributed by atoms with Crippen LogP contribution in [0.4, 0.5) is 0 Å². The summed E-state index contributed by atoms with van der Waals surface area (Å²) >= 11 is 5.25. The maximum atomic E-state index is 6.22. The molecule has 2 N–H and O–H groups in total. The highest BCUT2D eigenvalue weighted by Gasteiger charge is 2.11. The Bertz CT molecular complexity index is 475. The van der Waals surface area contributed by atoms with Crippen LogP contribution >= 0.6 is 27.3 Å². The first-order chi connectivity index (χ1) is 8.20. The molecule has 0 saturated carbocycles. The van der Waals surface area contributed by atoms with Crippen LogP contribution in [0.5, 0.6) is 0 Å². The summed E-state index contributed by atoms with van der Waals surface area (Å²) in [5.41, 5.74) is 8.90. The lowest BCUT2D eigenvalue weighted by Crippen LogP contribution is -2.12. The standard InChI is InChI=1S/C14H16BrNS/c1-2-10-3-5-11(6-4-10)9-13(16)14-12(15)7-8-17-14/h3-8,13H,2,9,16H2,1H3. The number of rotatable bonds is 4. The molecule has 17 heavy (non-hydrogen) atoms. The van der Waals surface area contributed by atoms with Crippen molar-refractivity contribution >= 4 is 27.3 Å². The maximum Gasteiger partial charge on any atom is 0.0442 e. The zero-order valence-electron chi connectivity index (χ0n) is 9.82. The Kier molecular flexibility index (Phi) is 4.37.